The van der Waals surface area contributed by atoms with Crippen LogP contribution in [-0.2, 0) is 0 Å². The quantitative estimate of drug-likeness (QED) is 0.380. The Morgan fingerprint density at radius 1 is 1.58 bits per heavy atom. The van der Waals surface area contributed by atoms with Crippen molar-refractivity contribution in [3.05, 3.63) is 51.3 Å². The molecule has 7 heteroatoms. The molecule has 1 atom stereocenters. The van der Waals surface area contributed by atoms with Crippen molar-refractivity contribution in [2.24, 2.45) is 5.11 Å². The highest BCUT2D eigenvalue weighted by Crippen LogP contribution is 2.33. The first kappa shape index (κ1) is 13.2. The van der Waals surface area contributed by atoms with Gasteiger partial charge in [0, 0.05) is 17.5 Å². The number of rotatable bonds is 3. The van der Waals surface area contributed by atoms with Crippen molar-refractivity contribution in [1.82, 2.24) is 10.4 Å². The van der Waals surface area contributed by atoms with E-state index in [1.807, 2.05) is 0 Å². The van der Waals surface area contributed by atoms with Crippen LogP contribution in [0.3, 0.4) is 0 Å². The van der Waals surface area contributed by atoms with Gasteiger partial charge in [-0.1, -0.05) is 17.2 Å². The molecule has 2 N–H and O–H groups in total. The lowest BCUT2D eigenvalue weighted by Gasteiger charge is -2.17. The second-order valence-corrected chi connectivity index (χ2v) is 4.37. The fourth-order valence-electron chi connectivity index (χ4n) is 2.06. The summed E-state index contributed by atoms with van der Waals surface area (Å²) in [6.07, 6.45) is 0. The van der Waals surface area contributed by atoms with E-state index in [9.17, 15) is 9.50 Å². The van der Waals surface area contributed by atoms with Gasteiger partial charge < -0.3 is 5.11 Å². The van der Waals surface area contributed by atoms with Crippen molar-refractivity contribution in [1.29, 1.82) is 0 Å². The van der Waals surface area contributed by atoms with E-state index in [1.54, 1.807) is 32.2 Å². The molecule has 0 aliphatic carbocycles. The Morgan fingerprint density at radius 2 is 2.32 bits per heavy atom. The number of phenolic OH excluding ortho intramolecular Hbond substituents is 1. The van der Waals surface area contributed by atoms with E-state index in [0.29, 0.717) is 11.1 Å². The Kier molecular flexibility index (Phi) is 3.59. The lowest BCUT2D eigenvalue weighted by Crippen LogP contribution is -2.29. The number of hydrogen-bond acceptors (Lipinski definition) is 4. The SMILES string of the molecule is Cc1cc(C2NN(C)C(F)=C2CN=[N+]=[N-])ccc1O. The smallest absolute Gasteiger partial charge is 0.204 e. The molecule has 0 bridgehead atoms. The molecule has 2 rings (SSSR count). The van der Waals surface area contributed by atoms with E-state index in [4.69, 9.17) is 5.53 Å². The Labute approximate surface area is 109 Å². The first-order valence-corrected chi connectivity index (χ1v) is 5.73. The van der Waals surface area contributed by atoms with Crippen LogP contribution in [0.15, 0.2) is 34.8 Å². The van der Waals surface area contributed by atoms with E-state index >= 15 is 0 Å². The van der Waals surface area contributed by atoms with Crippen LogP contribution < -0.4 is 5.43 Å². The van der Waals surface area contributed by atoms with Crippen LogP contribution in [0.1, 0.15) is 17.2 Å². The predicted molar refractivity (Wildman–Crippen MR) is 68.6 cm³/mol. The zero-order valence-corrected chi connectivity index (χ0v) is 10.6. The van der Waals surface area contributed by atoms with E-state index in [1.165, 1.54) is 5.01 Å². The lowest BCUT2D eigenvalue weighted by molar-refractivity contribution is 0.254. The van der Waals surface area contributed by atoms with Crippen LogP contribution in [-0.4, -0.2) is 23.7 Å². The fraction of sp³-hybridized carbons (Fsp3) is 0.333. The Morgan fingerprint density at radius 3 is 2.95 bits per heavy atom. The number of azide groups is 1. The van der Waals surface area contributed by atoms with Crippen molar-refractivity contribution in [2.75, 3.05) is 13.6 Å². The molecule has 0 saturated carbocycles. The minimum absolute atomic E-state index is 0.0374. The summed E-state index contributed by atoms with van der Waals surface area (Å²) in [5.41, 5.74) is 13.2. The van der Waals surface area contributed by atoms with Gasteiger partial charge in [-0.2, -0.15) is 4.39 Å². The molecule has 0 aromatic heterocycles. The van der Waals surface area contributed by atoms with Crippen molar-refractivity contribution < 1.29 is 9.50 Å². The van der Waals surface area contributed by atoms with Gasteiger partial charge in [0.15, 0.2) is 0 Å². The number of phenols is 1. The topological polar surface area (TPSA) is 84.3 Å². The summed E-state index contributed by atoms with van der Waals surface area (Å²) >= 11 is 0. The molecule has 1 unspecified atom stereocenters. The largest absolute Gasteiger partial charge is 0.508 e. The van der Waals surface area contributed by atoms with Crippen LogP contribution in [0.2, 0.25) is 0 Å². The highest BCUT2D eigenvalue weighted by Gasteiger charge is 2.30. The second-order valence-electron chi connectivity index (χ2n) is 4.37. The molecule has 1 aliphatic heterocycles. The van der Waals surface area contributed by atoms with Gasteiger partial charge >= 0.3 is 0 Å². The Balaban J connectivity index is 2.38. The maximum atomic E-state index is 13.9. The molecule has 0 saturated heterocycles. The van der Waals surface area contributed by atoms with E-state index < -0.39 is 12.0 Å². The molecule has 100 valence electrons. The molecule has 6 nitrogen and oxygen atoms in total. The van der Waals surface area contributed by atoms with Crippen LogP contribution in [0.25, 0.3) is 10.4 Å². The van der Waals surface area contributed by atoms with Gasteiger partial charge in [0.2, 0.25) is 5.95 Å². The van der Waals surface area contributed by atoms with Crippen LogP contribution in [0.4, 0.5) is 4.39 Å². The average molecular weight is 263 g/mol. The third kappa shape index (κ3) is 2.47. The number of hydrogen-bond donors (Lipinski definition) is 2. The summed E-state index contributed by atoms with van der Waals surface area (Å²) < 4.78 is 13.9. The number of aromatic hydroxyl groups is 1. The zero-order valence-electron chi connectivity index (χ0n) is 10.6. The van der Waals surface area contributed by atoms with Crippen LogP contribution in [0, 0.1) is 6.92 Å². The highest BCUT2D eigenvalue weighted by molar-refractivity contribution is 5.40. The number of benzene rings is 1. The third-order valence-electron chi connectivity index (χ3n) is 3.09. The number of nitrogens with one attached hydrogen (secondary N) is 1. The third-order valence-corrected chi connectivity index (χ3v) is 3.09. The number of nitrogens with zero attached hydrogens (tertiary/aromatic N) is 4. The van der Waals surface area contributed by atoms with Crippen molar-refractivity contribution in [2.45, 2.75) is 13.0 Å². The molecule has 19 heavy (non-hydrogen) atoms. The van der Waals surface area contributed by atoms with Crippen molar-refractivity contribution in [3.63, 3.8) is 0 Å². The molecule has 1 aromatic carbocycles. The molecular formula is C12H14FN5O. The lowest BCUT2D eigenvalue weighted by atomic mass is 9.98. The second kappa shape index (κ2) is 5.17. The van der Waals surface area contributed by atoms with E-state index in [2.05, 4.69) is 15.5 Å². The van der Waals surface area contributed by atoms with Gasteiger partial charge in [0.1, 0.15) is 5.75 Å². The zero-order chi connectivity index (χ0) is 14.0. The van der Waals surface area contributed by atoms with Gasteiger partial charge in [0.25, 0.3) is 0 Å². The maximum absolute atomic E-state index is 13.9. The summed E-state index contributed by atoms with van der Waals surface area (Å²) in [6.45, 7) is 1.73. The monoisotopic (exact) mass is 263 g/mol. The standard InChI is InChI=1S/C12H14FN5O/c1-7-5-8(3-4-10(7)19)11-9(6-15-17-14)12(13)18(2)16-11/h3-5,11,16,19H,6H2,1-2H3. The minimum atomic E-state index is -0.442. The number of halogens is 1. The van der Waals surface area contributed by atoms with Crippen molar-refractivity contribution >= 4 is 0 Å². The summed E-state index contributed by atoms with van der Waals surface area (Å²) in [5, 5.41) is 14.2. The van der Waals surface area contributed by atoms with Gasteiger partial charge in [-0.15, -0.1) is 0 Å². The van der Waals surface area contributed by atoms with E-state index in [0.717, 1.165) is 5.56 Å². The first-order chi connectivity index (χ1) is 9.04. The first-order valence-electron chi connectivity index (χ1n) is 5.73. The van der Waals surface area contributed by atoms with Gasteiger partial charge in [-0.3, -0.25) is 5.01 Å². The molecule has 0 amide bonds. The highest BCUT2D eigenvalue weighted by atomic mass is 19.1. The van der Waals surface area contributed by atoms with E-state index in [-0.39, 0.29) is 12.3 Å². The van der Waals surface area contributed by atoms with Crippen LogP contribution in [0.5, 0.6) is 5.75 Å². The van der Waals surface area contributed by atoms with Crippen LogP contribution >= 0.6 is 0 Å². The molecule has 1 aromatic rings. The maximum Gasteiger partial charge on any atom is 0.204 e. The summed E-state index contributed by atoms with van der Waals surface area (Å²) in [6, 6.07) is 4.65. The fourth-order valence-corrected chi connectivity index (χ4v) is 2.06. The number of aryl methyl sites for hydroxylation is 1. The van der Waals surface area contributed by atoms with Gasteiger partial charge in [0.05, 0.1) is 12.6 Å². The predicted octanol–water partition coefficient (Wildman–Crippen LogP) is 2.68. The average Bonchev–Trinajstić information content (AvgIpc) is 2.67. The Hall–Kier alpha value is -2.24. The van der Waals surface area contributed by atoms with Crippen molar-refractivity contribution in [3.8, 4) is 5.75 Å². The summed E-state index contributed by atoms with van der Waals surface area (Å²) in [4.78, 5) is 2.66. The molecular weight excluding hydrogens is 249 g/mol. The molecule has 0 spiro atoms. The Bertz CT molecular complexity index is 579. The molecule has 1 heterocycles. The molecule has 1 aliphatic rings. The molecule has 0 radical (unpaired) electrons. The summed E-state index contributed by atoms with van der Waals surface area (Å²) in [5.74, 6) is -0.251. The van der Waals surface area contributed by atoms with Gasteiger partial charge in [-0.05, 0) is 29.6 Å². The van der Waals surface area contributed by atoms with Gasteiger partial charge in [-0.25, -0.2) is 5.43 Å². The minimum Gasteiger partial charge on any atom is -0.508 e. The molecule has 0 fully saturated rings. The summed E-state index contributed by atoms with van der Waals surface area (Å²) in [7, 11) is 1.55. The number of hydrazine groups is 1. The normalized spacial score (nSPS) is 18.7.